The molecule has 6 rings (SSSR count). The van der Waals surface area contributed by atoms with Crippen molar-refractivity contribution < 1.29 is 19.1 Å². The summed E-state index contributed by atoms with van der Waals surface area (Å²) in [5.41, 5.74) is 0.751. The summed E-state index contributed by atoms with van der Waals surface area (Å²) in [6.45, 7) is 8.24. The fourth-order valence-corrected chi connectivity index (χ4v) is 7.94. The first kappa shape index (κ1) is 29.3. The van der Waals surface area contributed by atoms with Crippen LogP contribution in [0.1, 0.15) is 75.6 Å². The van der Waals surface area contributed by atoms with Crippen LogP contribution in [0.15, 0.2) is 60.7 Å². The summed E-state index contributed by atoms with van der Waals surface area (Å²) < 4.78 is 13.0. The second kappa shape index (κ2) is 10.4. The first-order valence-electron chi connectivity index (χ1n) is 14.1. The van der Waals surface area contributed by atoms with Crippen LogP contribution in [-0.4, -0.2) is 29.1 Å². The number of amides is 2. The maximum absolute atomic E-state index is 14.4. The molecule has 0 aliphatic carbocycles. The van der Waals surface area contributed by atoms with E-state index < -0.39 is 17.4 Å². The summed E-state index contributed by atoms with van der Waals surface area (Å²) in [4.78, 5) is 27.9. The zero-order valence-electron chi connectivity index (χ0n) is 23.9. The summed E-state index contributed by atoms with van der Waals surface area (Å²) >= 11 is 19.4. The van der Waals surface area contributed by atoms with Gasteiger partial charge >= 0.3 is 0 Å². The van der Waals surface area contributed by atoms with Crippen molar-refractivity contribution in [1.82, 2.24) is 5.32 Å². The van der Waals surface area contributed by atoms with Crippen molar-refractivity contribution in [2.45, 2.75) is 81.6 Å². The molecule has 0 radical (unpaired) electrons. The molecule has 0 bridgehead atoms. The van der Waals surface area contributed by atoms with E-state index in [-0.39, 0.29) is 35.5 Å². The van der Waals surface area contributed by atoms with E-state index in [2.05, 4.69) is 38.3 Å². The largest absolute Gasteiger partial charge is 0.490 e. The van der Waals surface area contributed by atoms with Crippen molar-refractivity contribution in [3.05, 3.63) is 92.4 Å². The van der Waals surface area contributed by atoms with Crippen LogP contribution < -0.4 is 15.4 Å². The van der Waals surface area contributed by atoms with Gasteiger partial charge in [0.05, 0.1) is 17.2 Å². The molecular formula is C33H33Cl3N2O4. The van der Waals surface area contributed by atoms with Crippen LogP contribution in [-0.2, 0) is 19.7 Å². The lowest BCUT2D eigenvalue weighted by Gasteiger charge is -2.47. The van der Waals surface area contributed by atoms with Gasteiger partial charge in [0.2, 0.25) is 11.8 Å². The molecule has 3 unspecified atom stereocenters. The van der Waals surface area contributed by atoms with Gasteiger partial charge in [0.1, 0.15) is 17.3 Å². The predicted octanol–water partition coefficient (Wildman–Crippen LogP) is 8.00. The number of anilines is 1. The molecule has 1 spiro atoms. The molecule has 3 aromatic carbocycles. The summed E-state index contributed by atoms with van der Waals surface area (Å²) in [7, 11) is 0. The summed E-state index contributed by atoms with van der Waals surface area (Å²) in [5, 5.41) is 7.73. The number of halogens is 3. The molecule has 3 aromatic rings. The number of hydrogen-bond donors (Lipinski definition) is 2. The van der Waals surface area contributed by atoms with Gasteiger partial charge in [0.15, 0.2) is 0 Å². The zero-order valence-corrected chi connectivity index (χ0v) is 26.2. The van der Waals surface area contributed by atoms with E-state index in [1.54, 1.807) is 30.3 Å². The first-order valence-corrected chi connectivity index (χ1v) is 15.2. The Kier molecular flexibility index (Phi) is 7.29. The Bertz CT molecular complexity index is 1570. The number of piperidine rings is 1. The first-order chi connectivity index (χ1) is 19.8. The van der Waals surface area contributed by atoms with E-state index >= 15 is 0 Å². The van der Waals surface area contributed by atoms with Crippen LogP contribution in [0.5, 0.6) is 5.75 Å². The van der Waals surface area contributed by atoms with Crippen LogP contribution in [0.3, 0.4) is 0 Å². The van der Waals surface area contributed by atoms with E-state index in [1.807, 2.05) is 30.3 Å². The van der Waals surface area contributed by atoms with Crippen molar-refractivity contribution >= 4 is 52.3 Å². The van der Waals surface area contributed by atoms with E-state index in [9.17, 15) is 9.59 Å². The van der Waals surface area contributed by atoms with Crippen molar-refractivity contribution in [3.8, 4) is 5.75 Å². The molecule has 2 saturated heterocycles. The Morgan fingerprint density at radius 3 is 2.24 bits per heavy atom. The van der Waals surface area contributed by atoms with Crippen LogP contribution >= 0.6 is 34.8 Å². The van der Waals surface area contributed by atoms with Gasteiger partial charge in [-0.05, 0) is 81.3 Å². The van der Waals surface area contributed by atoms with Gasteiger partial charge in [0, 0.05) is 51.5 Å². The highest BCUT2D eigenvalue weighted by Crippen LogP contribution is 2.59. The molecule has 3 aliphatic heterocycles. The monoisotopic (exact) mass is 626 g/mol. The molecule has 3 heterocycles. The fourth-order valence-electron chi connectivity index (χ4n) is 7.38. The Morgan fingerprint density at radius 1 is 0.857 bits per heavy atom. The normalized spacial score (nSPS) is 26.5. The molecule has 220 valence electrons. The number of benzene rings is 3. The predicted molar refractivity (Wildman–Crippen MR) is 166 cm³/mol. The van der Waals surface area contributed by atoms with E-state index in [4.69, 9.17) is 44.3 Å². The van der Waals surface area contributed by atoms with Crippen molar-refractivity contribution in [3.63, 3.8) is 0 Å². The highest BCUT2D eigenvalue weighted by molar-refractivity contribution is 6.31. The van der Waals surface area contributed by atoms with Crippen LogP contribution in [0.4, 0.5) is 5.69 Å². The van der Waals surface area contributed by atoms with Gasteiger partial charge in [-0.15, -0.1) is 0 Å². The number of hydrogen-bond acceptors (Lipinski definition) is 4. The minimum absolute atomic E-state index is 0.0887. The van der Waals surface area contributed by atoms with Gasteiger partial charge in [-0.1, -0.05) is 53.0 Å². The number of carbonyl (C=O) groups excluding carboxylic acids is 2. The van der Waals surface area contributed by atoms with Crippen molar-refractivity contribution in [2.75, 3.05) is 5.32 Å². The lowest BCUT2D eigenvalue weighted by Crippen LogP contribution is -2.57. The van der Waals surface area contributed by atoms with Gasteiger partial charge in [-0.3, -0.25) is 9.59 Å². The molecule has 9 heteroatoms. The average molecular weight is 628 g/mol. The lowest BCUT2D eigenvalue weighted by molar-refractivity contribution is -0.182. The topological polar surface area (TPSA) is 76.7 Å². The SMILES string of the molecule is CC1(C)CC(Oc2ccc(Cl)cc2C2NC(=O)CC(c3cccc(Cl)c3)C23C(=O)Nc2cc(Cl)ccc23)CC(C)(C)O1. The Balaban J connectivity index is 1.54. The molecule has 3 atom stereocenters. The van der Waals surface area contributed by atoms with Gasteiger partial charge < -0.3 is 20.1 Å². The van der Waals surface area contributed by atoms with Gasteiger partial charge in [-0.2, -0.15) is 0 Å². The number of nitrogens with one attached hydrogen (secondary N) is 2. The zero-order chi connectivity index (χ0) is 30.0. The Morgan fingerprint density at radius 2 is 1.52 bits per heavy atom. The molecule has 3 aliphatic rings. The van der Waals surface area contributed by atoms with E-state index in [1.165, 1.54) is 0 Å². The molecule has 6 nitrogen and oxygen atoms in total. The second-order valence-electron chi connectivity index (χ2n) is 12.8. The van der Waals surface area contributed by atoms with E-state index in [0.717, 1.165) is 11.1 Å². The third-order valence-corrected chi connectivity index (χ3v) is 9.27. The number of ether oxygens (including phenoxy) is 2. The molecule has 2 fully saturated rings. The summed E-state index contributed by atoms with van der Waals surface area (Å²) in [5.74, 6) is -0.409. The molecule has 2 N–H and O–H groups in total. The maximum Gasteiger partial charge on any atom is 0.238 e. The molecule has 0 aromatic heterocycles. The molecule has 2 amide bonds. The number of rotatable bonds is 4. The molecule has 42 heavy (non-hydrogen) atoms. The third-order valence-electron chi connectivity index (χ3n) is 8.57. The minimum atomic E-state index is -1.24. The average Bonchev–Trinajstić information content (AvgIpc) is 3.15. The van der Waals surface area contributed by atoms with Gasteiger partial charge in [-0.25, -0.2) is 0 Å². The third kappa shape index (κ3) is 5.17. The van der Waals surface area contributed by atoms with Crippen molar-refractivity contribution in [1.29, 1.82) is 0 Å². The van der Waals surface area contributed by atoms with Crippen LogP contribution in [0, 0.1) is 0 Å². The highest BCUT2D eigenvalue weighted by atomic mass is 35.5. The fraction of sp³-hybridized carbons (Fsp3) is 0.394. The second-order valence-corrected chi connectivity index (χ2v) is 14.1. The number of fused-ring (bicyclic) bond motifs is 2. The van der Waals surface area contributed by atoms with Crippen molar-refractivity contribution in [2.24, 2.45) is 0 Å². The number of carbonyl (C=O) groups is 2. The van der Waals surface area contributed by atoms with Crippen LogP contribution in [0.25, 0.3) is 0 Å². The minimum Gasteiger partial charge on any atom is -0.490 e. The van der Waals surface area contributed by atoms with E-state index in [0.29, 0.717) is 44.9 Å². The highest BCUT2D eigenvalue weighted by Gasteiger charge is 2.61. The molecular weight excluding hydrogens is 595 g/mol. The molecule has 0 saturated carbocycles. The summed E-state index contributed by atoms with van der Waals surface area (Å²) in [6, 6.07) is 17.3. The maximum atomic E-state index is 14.4. The summed E-state index contributed by atoms with van der Waals surface area (Å²) in [6.07, 6.45) is 1.28. The quantitative estimate of drug-likeness (QED) is 0.307. The van der Waals surface area contributed by atoms with Gasteiger partial charge in [0.25, 0.3) is 0 Å². The Labute approximate surface area is 261 Å². The lowest BCUT2D eigenvalue weighted by atomic mass is 9.59. The smallest absolute Gasteiger partial charge is 0.238 e. The standard InChI is InChI=1S/C33H33Cl3N2O4/c1-31(2)16-22(17-32(3,4)42-31)41-27-11-9-20(35)13-23(27)29-33(24-10-8-21(36)14-26(24)37-30(33)40)25(15-28(39)38-29)18-6-5-7-19(34)12-18/h5-14,22,25,29H,15-17H2,1-4H3,(H,37,40)(H,38,39). The Hall–Kier alpha value is -2.77. The van der Waals surface area contributed by atoms with Crippen LogP contribution in [0.2, 0.25) is 15.1 Å².